The number of rotatable bonds is 8. The van der Waals surface area contributed by atoms with Crippen LogP contribution in [0, 0.1) is 0 Å². The van der Waals surface area contributed by atoms with E-state index < -0.39 is 6.10 Å². The monoisotopic (exact) mass is 356 g/mol. The van der Waals surface area contributed by atoms with E-state index in [2.05, 4.69) is 35.7 Å². The SMILES string of the molecule is CC(C)(Cc1ccccc1)NCC(O)COc1cccc2sncc12. The van der Waals surface area contributed by atoms with Crippen LogP contribution in [0.5, 0.6) is 5.75 Å². The third-order valence-corrected chi connectivity index (χ3v) is 4.86. The number of hydrogen-bond acceptors (Lipinski definition) is 5. The van der Waals surface area contributed by atoms with Gasteiger partial charge in [0.15, 0.2) is 0 Å². The van der Waals surface area contributed by atoms with Gasteiger partial charge in [0, 0.05) is 12.1 Å². The molecule has 2 aromatic carbocycles. The zero-order valence-electron chi connectivity index (χ0n) is 14.6. The van der Waals surface area contributed by atoms with Gasteiger partial charge < -0.3 is 15.2 Å². The highest BCUT2D eigenvalue weighted by Gasteiger charge is 2.19. The van der Waals surface area contributed by atoms with Crippen LogP contribution >= 0.6 is 11.5 Å². The second kappa shape index (κ2) is 7.95. The summed E-state index contributed by atoms with van der Waals surface area (Å²) in [5.74, 6) is 0.772. The van der Waals surface area contributed by atoms with E-state index in [-0.39, 0.29) is 12.1 Å². The lowest BCUT2D eigenvalue weighted by Crippen LogP contribution is -2.46. The third kappa shape index (κ3) is 5.01. The molecule has 5 heteroatoms. The van der Waals surface area contributed by atoms with Crippen LogP contribution in [0.15, 0.2) is 54.7 Å². The lowest BCUT2D eigenvalue weighted by Gasteiger charge is -2.28. The first kappa shape index (κ1) is 17.9. The number of aromatic nitrogens is 1. The largest absolute Gasteiger partial charge is 0.490 e. The van der Waals surface area contributed by atoms with E-state index in [4.69, 9.17) is 4.74 Å². The molecule has 0 saturated heterocycles. The molecule has 1 heterocycles. The van der Waals surface area contributed by atoms with Gasteiger partial charge >= 0.3 is 0 Å². The first-order chi connectivity index (χ1) is 12.0. The molecule has 25 heavy (non-hydrogen) atoms. The molecule has 4 nitrogen and oxygen atoms in total. The van der Waals surface area contributed by atoms with Gasteiger partial charge in [-0.2, -0.15) is 4.37 Å². The Morgan fingerprint density at radius 3 is 2.76 bits per heavy atom. The quantitative estimate of drug-likeness (QED) is 0.647. The standard InChI is InChI=1S/C20H24N2O2S/c1-20(2,11-15-7-4-3-5-8-15)21-12-16(23)14-24-18-9-6-10-19-17(18)13-22-25-19/h3-10,13,16,21,23H,11-12,14H2,1-2H3. The molecule has 0 fully saturated rings. The number of aliphatic hydroxyl groups excluding tert-OH is 1. The molecule has 0 bridgehead atoms. The Bertz CT molecular complexity index is 802. The first-order valence-electron chi connectivity index (χ1n) is 8.47. The Hall–Kier alpha value is -1.95. The summed E-state index contributed by atoms with van der Waals surface area (Å²) >= 11 is 1.45. The number of nitrogens with zero attached hydrogens (tertiary/aromatic N) is 1. The zero-order valence-corrected chi connectivity index (χ0v) is 15.4. The van der Waals surface area contributed by atoms with E-state index in [0.29, 0.717) is 6.54 Å². The normalized spacial score (nSPS) is 13.1. The van der Waals surface area contributed by atoms with E-state index in [1.165, 1.54) is 17.1 Å². The Kier molecular flexibility index (Phi) is 5.68. The lowest BCUT2D eigenvalue weighted by molar-refractivity contribution is 0.0996. The van der Waals surface area contributed by atoms with Crippen molar-refractivity contribution < 1.29 is 9.84 Å². The summed E-state index contributed by atoms with van der Waals surface area (Å²) in [7, 11) is 0. The van der Waals surface area contributed by atoms with Gasteiger partial charge in [0.2, 0.25) is 0 Å². The number of nitrogens with one attached hydrogen (secondary N) is 1. The number of aliphatic hydroxyl groups is 1. The summed E-state index contributed by atoms with van der Waals surface area (Å²) in [6, 6.07) is 16.2. The summed E-state index contributed by atoms with van der Waals surface area (Å²) in [4.78, 5) is 0. The van der Waals surface area contributed by atoms with Crippen molar-refractivity contribution in [2.75, 3.05) is 13.2 Å². The third-order valence-electron chi connectivity index (χ3n) is 4.10. The van der Waals surface area contributed by atoms with E-state index in [9.17, 15) is 5.11 Å². The highest BCUT2D eigenvalue weighted by Crippen LogP contribution is 2.27. The molecule has 1 atom stereocenters. The maximum absolute atomic E-state index is 10.3. The van der Waals surface area contributed by atoms with Crippen LogP contribution in [0.1, 0.15) is 19.4 Å². The van der Waals surface area contributed by atoms with Crippen molar-refractivity contribution in [3.05, 3.63) is 60.3 Å². The molecule has 0 radical (unpaired) electrons. The summed E-state index contributed by atoms with van der Waals surface area (Å²) < 4.78 is 11.1. The van der Waals surface area contributed by atoms with Crippen molar-refractivity contribution in [1.29, 1.82) is 0 Å². The maximum Gasteiger partial charge on any atom is 0.129 e. The molecule has 132 valence electrons. The van der Waals surface area contributed by atoms with Gasteiger partial charge in [-0.25, -0.2) is 0 Å². The van der Waals surface area contributed by atoms with Crippen LogP contribution in [0.25, 0.3) is 10.1 Å². The number of β-amino-alcohol motifs (C(OH)–C–C–N with tert-alkyl or cyclic N) is 1. The van der Waals surface area contributed by atoms with Gasteiger partial charge in [-0.15, -0.1) is 0 Å². The van der Waals surface area contributed by atoms with Crippen LogP contribution in [-0.2, 0) is 6.42 Å². The average molecular weight is 356 g/mol. The Labute approximate surface area is 152 Å². The van der Waals surface area contributed by atoms with Gasteiger partial charge in [-0.05, 0) is 49.5 Å². The molecule has 0 aliphatic heterocycles. The van der Waals surface area contributed by atoms with Gasteiger partial charge in [-0.3, -0.25) is 0 Å². The Morgan fingerprint density at radius 1 is 1.16 bits per heavy atom. The topological polar surface area (TPSA) is 54.4 Å². The Morgan fingerprint density at radius 2 is 1.96 bits per heavy atom. The van der Waals surface area contributed by atoms with Crippen molar-refractivity contribution >= 4 is 21.6 Å². The molecule has 3 rings (SSSR count). The highest BCUT2D eigenvalue weighted by molar-refractivity contribution is 7.13. The van der Waals surface area contributed by atoms with Crippen LogP contribution in [0.3, 0.4) is 0 Å². The molecule has 1 aromatic heterocycles. The van der Waals surface area contributed by atoms with Crippen LogP contribution < -0.4 is 10.1 Å². The molecule has 0 spiro atoms. The fraction of sp³-hybridized carbons (Fsp3) is 0.350. The second-order valence-corrected chi connectivity index (χ2v) is 7.72. The number of hydrogen-bond donors (Lipinski definition) is 2. The van der Waals surface area contributed by atoms with Gasteiger partial charge in [0.25, 0.3) is 0 Å². The lowest BCUT2D eigenvalue weighted by atomic mass is 9.95. The number of ether oxygens (including phenoxy) is 1. The molecule has 3 aromatic rings. The molecular formula is C20H24N2O2S. The minimum absolute atomic E-state index is 0.0976. The first-order valence-corrected chi connectivity index (χ1v) is 9.24. The highest BCUT2D eigenvalue weighted by atomic mass is 32.1. The zero-order chi connectivity index (χ0) is 17.7. The van der Waals surface area contributed by atoms with E-state index in [0.717, 1.165) is 22.3 Å². The molecular weight excluding hydrogens is 332 g/mol. The average Bonchev–Trinajstić information content (AvgIpc) is 3.08. The molecule has 1 unspecified atom stereocenters. The molecule has 0 saturated carbocycles. The number of benzene rings is 2. The van der Waals surface area contributed by atoms with Crippen molar-refractivity contribution in [3.8, 4) is 5.75 Å². The van der Waals surface area contributed by atoms with E-state index in [1.54, 1.807) is 0 Å². The molecule has 0 aliphatic carbocycles. The minimum atomic E-state index is -0.572. The number of fused-ring (bicyclic) bond motifs is 1. The fourth-order valence-electron chi connectivity index (χ4n) is 2.80. The predicted octanol–water partition coefficient (Wildman–Crippen LogP) is 3.65. The van der Waals surface area contributed by atoms with Crippen molar-refractivity contribution in [2.45, 2.75) is 31.9 Å². The summed E-state index contributed by atoms with van der Waals surface area (Å²) in [5, 5.41) is 14.7. The van der Waals surface area contributed by atoms with Crippen LogP contribution in [0.4, 0.5) is 0 Å². The van der Waals surface area contributed by atoms with Crippen molar-refractivity contribution in [1.82, 2.24) is 9.69 Å². The van der Waals surface area contributed by atoms with E-state index in [1.807, 2.05) is 42.6 Å². The predicted molar refractivity (Wildman–Crippen MR) is 103 cm³/mol. The van der Waals surface area contributed by atoms with Gasteiger partial charge in [-0.1, -0.05) is 36.4 Å². The van der Waals surface area contributed by atoms with Crippen molar-refractivity contribution in [2.24, 2.45) is 0 Å². The maximum atomic E-state index is 10.3. The fourth-order valence-corrected chi connectivity index (χ4v) is 3.46. The van der Waals surface area contributed by atoms with Crippen molar-refractivity contribution in [3.63, 3.8) is 0 Å². The molecule has 0 amide bonds. The van der Waals surface area contributed by atoms with Crippen LogP contribution in [0.2, 0.25) is 0 Å². The summed E-state index contributed by atoms with van der Waals surface area (Å²) in [6.45, 7) is 5.03. The van der Waals surface area contributed by atoms with Crippen LogP contribution in [-0.4, -0.2) is 34.3 Å². The van der Waals surface area contributed by atoms with Gasteiger partial charge in [0.1, 0.15) is 18.5 Å². The Balaban J connectivity index is 1.49. The van der Waals surface area contributed by atoms with Gasteiger partial charge in [0.05, 0.1) is 16.3 Å². The summed E-state index contributed by atoms with van der Waals surface area (Å²) in [5.41, 5.74) is 1.18. The second-order valence-electron chi connectivity index (χ2n) is 6.89. The molecule has 2 N–H and O–H groups in total. The summed E-state index contributed by atoms with van der Waals surface area (Å²) in [6.07, 6.45) is 2.14. The van der Waals surface area contributed by atoms with E-state index >= 15 is 0 Å². The smallest absolute Gasteiger partial charge is 0.129 e. The molecule has 0 aliphatic rings. The minimum Gasteiger partial charge on any atom is -0.490 e.